The van der Waals surface area contributed by atoms with Crippen molar-refractivity contribution >= 4 is 11.9 Å². The van der Waals surface area contributed by atoms with Crippen molar-refractivity contribution in [1.82, 2.24) is 4.90 Å². The number of aliphatic hydroxyl groups is 2. The van der Waals surface area contributed by atoms with Gasteiger partial charge in [0.15, 0.2) is 23.2 Å². The van der Waals surface area contributed by atoms with Crippen molar-refractivity contribution in [3.05, 3.63) is 35.1 Å². The Kier molecular flexibility index (Phi) is 6.86. The summed E-state index contributed by atoms with van der Waals surface area (Å²) in [5, 5.41) is 21.7. The van der Waals surface area contributed by atoms with E-state index in [9.17, 15) is 19.8 Å². The number of carbonyl (C=O) groups excluding carboxylic acids is 2. The Morgan fingerprint density at radius 1 is 1.13 bits per heavy atom. The molecule has 3 aliphatic heterocycles. The van der Waals surface area contributed by atoms with E-state index in [1.165, 1.54) is 7.11 Å². The summed E-state index contributed by atoms with van der Waals surface area (Å²) in [7, 11) is 2.74. The summed E-state index contributed by atoms with van der Waals surface area (Å²) in [6.07, 6.45) is 3.18. The summed E-state index contributed by atoms with van der Waals surface area (Å²) in [5.41, 5.74) is -1.69. The molecule has 2 N–H and O–H groups in total. The molecule has 10 heteroatoms. The SMILES string of the molecule is COC(=O)CC(O)(CCC(C)(C)O)C(=O)O[C@@H]1C(OC)=CC23CCCN2CCc2cc4c(cc2[C@H]13)OCO4. The highest BCUT2D eigenvalue weighted by Crippen LogP contribution is 2.55. The maximum Gasteiger partial charge on any atom is 0.339 e. The Labute approximate surface area is 222 Å². The lowest BCUT2D eigenvalue weighted by Crippen LogP contribution is -2.49. The zero-order valence-corrected chi connectivity index (χ0v) is 22.5. The van der Waals surface area contributed by atoms with E-state index >= 15 is 0 Å². The smallest absolute Gasteiger partial charge is 0.339 e. The Balaban J connectivity index is 1.53. The number of benzene rings is 1. The predicted molar refractivity (Wildman–Crippen MR) is 135 cm³/mol. The van der Waals surface area contributed by atoms with E-state index in [2.05, 4.69) is 11.0 Å². The quantitative estimate of drug-likeness (QED) is 0.483. The van der Waals surface area contributed by atoms with Crippen LogP contribution in [0.3, 0.4) is 0 Å². The normalized spacial score (nSPS) is 27.4. The number of esters is 2. The van der Waals surface area contributed by atoms with Gasteiger partial charge in [-0.05, 0) is 81.8 Å². The van der Waals surface area contributed by atoms with Gasteiger partial charge in [-0.15, -0.1) is 0 Å². The molecule has 0 aromatic heterocycles. The first-order chi connectivity index (χ1) is 18.0. The molecule has 0 saturated carbocycles. The van der Waals surface area contributed by atoms with E-state index in [0.717, 1.165) is 43.5 Å². The van der Waals surface area contributed by atoms with Gasteiger partial charge in [0.2, 0.25) is 6.79 Å². The molecule has 1 spiro atoms. The summed E-state index contributed by atoms with van der Waals surface area (Å²) in [6.45, 7) is 5.04. The second kappa shape index (κ2) is 9.73. The van der Waals surface area contributed by atoms with Crippen molar-refractivity contribution in [2.24, 2.45) is 0 Å². The molecule has 5 rings (SSSR count). The number of hydrogen-bond donors (Lipinski definition) is 2. The van der Waals surface area contributed by atoms with Crippen LogP contribution in [0, 0.1) is 0 Å². The second-order valence-corrected chi connectivity index (χ2v) is 11.4. The minimum Gasteiger partial charge on any atom is -0.497 e. The number of hydrogen-bond acceptors (Lipinski definition) is 10. The van der Waals surface area contributed by atoms with Crippen LogP contribution in [0.1, 0.15) is 63.0 Å². The zero-order valence-electron chi connectivity index (χ0n) is 22.5. The number of nitrogens with zero attached hydrogens (tertiary/aromatic N) is 1. The van der Waals surface area contributed by atoms with Crippen LogP contribution in [0.25, 0.3) is 0 Å². The molecule has 38 heavy (non-hydrogen) atoms. The molecule has 0 radical (unpaired) electrons. The Hall–Kier alpha value is -2.82. The maximum atomic E-state index is 13.7. The fourth-order valence-corrected chi connectivity index (χ4v) is 6.41. The van der Waals surface area contributed by atoms with Crippen molar-refractivity contribution < 1.29 is 43.5 Å². The van der Waals surface area contributed by atoms with Crippen molar-refractivity contribution in [3.8, 4) is 11.5 Å². The van der Waals surface area contributed by atoms with Crippen molar-refractivity contribution in [3.63, 3.8) is 0 Å². The van der Waals surface area contributed by atoms with E-state index in [1.54, 1.807) is 21.0 Å². The topological polar surface area (TPSA) is 124 Å². The van der Waals surface area contributed by atoms with Crippen LogP contribution in [0.5, 0.6) is 11.5 Å². The Morgan fingerprint density at radius 3 is 2.55 bits per heavy atom. The summed E-state index contributed by atoms with van der Waals surface area (Å²) in [5.74, 6) is -0.163. The van der Waals surface area contributed by atoms with E-state index in [4.69, 9.17) is 23.7 Å². The van der Waals surface area contributed by atoms with E-state index in [0.29, 0.717) is 17.3 Å². The van der Waals surface area contributed by atoms with Crippen molar-refractivity contribution in [1.29, 1.82) is 0 Å². The number of carbonyl (C=O) groups is 2. The fraction of sp³-hybridized carbons (Fsp3) is 0.643. The number of rotatable bonds is 8. The zero-order chi connectivity index (χ0) is 27.3. The predicted octanol–water partition coefficient (Wildman–Crippen LogP) is 2.19. The largest absolute Gasteiger partial charge is 0.497 e. The van der Waals surface area contributed by atoms with Gasteiger partial charge in [0.25, 0.3) is 0 Å². The highest BCUT2D eigenvalue weighted by Gasteiger charge is 2.59. The average molecular weight is 532 g/mol. The summed E-state index contributed by atoms with van der Waals surface area (Å²) < 4.78 is 28.0. The van der Waals surface area contributed by atoms with Crippen molar-refractivity contribution in [2.45, 2.75) is 81.1 Å². The third kappa shape index (κ3) is 4.63. The van der Waals surface area contributed by atoms with Crippen LogP contribution in [0.4, 0.5) is 0 Å². The number of ether oxygens (including phenoxy) is 5. The van der Waals surface area contributed by atoms with Gasteiger partial charge in [0.05, 0.1) is 37.7 Å². The molecule has 10 nitrogen and oxygen atoms in total. The lowest BCUT2D eigenvalue weighted by Gasteiger charge is -2.39. The standard InChI is InChI=1S/C28H37NO9/c1-26(2,32)8-9-28(33,15-22(30)35-4)25(31)38-24-21(34-3)14-27-7-5-10-29(27)11-6-17-12-19-20(37-16-36-19)13-18(17)23(24)27/h12-14,23-24,32-33H,5-11,15-16H2,1-4H3/t23-,24-,27?,28?/m1/s1. The van der Waals surface area contributed by atoms with Gasteiger partial charge in [0, 0.05) is 6.54 Å². The average Bonchev–Trinajstić information content (AvgIpc) is 3.56. The van der Waals surface area contributed by atoms with Crippen molar-refractivity contribution in [2.75, 3.05) is 34.1 Å². The third-order valence-corrected chi connectivity index (χ3v) is 8.39. The molecule has 4 atom stereocenters. The molecule has 4 aliphatic rings. The van der Waals surface area contributed by atoms with Crippen LogP contribution < -0.4 is 9.47 Å². The summed E-state index contributed by atoms with van der Waals surface area (Å²) in [4.78, 5) is 28.3. The molecule has 1 fully saturated rings. The second-order valence-electron chi connectivity index (χ2n) is 11.4. The van der Waals surface area contributed by atoms with E-state index in [1.807, 2.05) is 12.1 Å². The van der Waals surface area contributed by atoms with Gasteiger partial charge in [0.1, 0.15) is 5.76 Å². The van der Waals surface area contributed by atoms with Crippen LogP contribution in [0.15, 0.2) is 24.0 Å². The molecule has 1 aliphatic carbocycles. The first kappa shape index (κ1) is 26.8. The third-order valence-electron chi connectivity index (χ3n) is 8.39. The van der Waals surface area contributed by atoms with Gasteiger partial charge < -0.3 is 33.9 Å². The van der Waals surface area contributed by atoms with Gasteiger partial charge in [-0.1, -0.05) is 0 Å². The molecule has 0 bridgehead atoms. The lowest BCUT2D eigenvalue weighted by atomic mass is 9.77. The van der Waals surface area contributed by atoms with Gasteiger partial charge >= 0.3 is 11.9 Å². The highest BCUT2D eigenvalue weighted by molar-refractivity contribution is 5.86. The molecule has 1 saturated heterocycles. The van der Waals surface area contributed by atoms with Crippen LogP contribution in [-0.4, -0.2) is 84.0 Å². The molecule has 208 valence electrons. The molecular formula is C28H37NO9. The molecule has 1 aromatic carbocycles. The molecule has 2 unspecified atom stereocenters. The summed E-state index contributed by atoms with van der Waals surface area (Å²) in [6, 6.07) is 3.99. The lowest BCUT2D eigenvalue weighted by molar-refractivity contribution is -0.179. The summed E-state index contributed by atoms with van der Waals surface area (Å²) >= 11 is 0. The van der Waals surface area contributed by atoms with E-state index < -0.39 is 41.2 Å². The minimum absolute atomic E-state index is 0.0701. The van der Waals surface area contributed by atoms with Gasteiger partial charge in [-0.25, -0.2) is 4.79 Å². The Morgan fingerprint density at radius 2 is 1.87 bits per heavy atom. The number of methoxy groups -OCH3 is 2. The molecule has 1 aromatic rings. The van der Waals surface area contributed by atoms with Gasteiger partial charge in [-0.2, -0.15) is 0 Å². The Bertz CT molecular complexity index is 1140. The van der Waals surface area contributed by atoms with Crippen LogP contribution >= 0.6 is 0 Å². The fourth-order valence-electron chi connectivity index (χ4n) is 6.41. The first-order valence-corrected chi connectivity index (χ1v) is 13.2. The number of fused-ring (bicyclic) bond motifs is 3. The van der Waals surface area contributed by atoms with E-state index in [-0.39, 0.29) is 25.6 Å². The highest BCUT2D eigenvalue weighted by atomic mass is 16.7. The maximum absolute atomic E-state index is 13.7. The first-order valence-electron chi connectivity index (χ1n) is 13.2. The molecular weight excluding hydrogens is 494 g/mol. The molecule has 0 amide bonds. The van der Waals surface area contributed by atoms with Gasteiger partial charge in [-0.3, -0.25) is 9.69 Å². The minimum atomic E-state index is -2.18. The van der Waals surface area contributed by atoms with Crippen LogP contribution in [0.2, 0.25) is 0 Å². The monoisotopic (exact) mass is 531 g/mol. The molecule has 3 heterocycles. The van der Waals surface area contributed by atoms with Crippen LogP contribution in [-0.2, 0) is 30.2 Å².